The molecule has 0 radical (unpaired) electrons. The van der Waals surface area contributed by atoms with Gasteiger partial charge in [0.15, 0.2) is 0 Å². The Balaban J connectivity index is 3.26. The van der Waals surface area contributed by atoms with Crippen LogP contribution in [0.25, 0.3) is 0 Å². The molecular formula is C9H19NO2S. The third-order valence-electron chi connectivity index (χ3n) is 1.78. The van der Waals surface area contributed by atoms with Crippen LogP contribution in [0.4, 0.5) is 0 Å². The summed E-state index contributed by atoms with van der Waals surface area (Å²) in [6, 6.07) is -0.181. The molecule has 13 heavy (non-hydrogen) atoms. The monoisotopic (exact) mass is 205 g/mol. The van der Waals surface area contributed by atoms with Crippen molar-refractivity contribution in [2.24, 2.45) is 0 Å². The van der Waals surface area contributed by atoms with Gasteiger partial charge in [-0.2, -0.15) is 11.8 Å². The molecule has 0 bridgehead atoms. The van der Waals surface area contributed by atoms with Crippen molar-refractivity contribution in [2.45, 2.75) is 25.8 Å². The van der Waals surface area contributed by atoms with Crippen molar-refractivity contribution in [3.05, 3.63) is 0 Å². The normalized spacial score (nSPS) is 12.5. The highest BCUT2D eigenvalue weighted by Crippen LogP contribution is 1.98. The zero-order chi connectivity index (χ0) is 10.1. The van der Waals surface area contributed by atoms with Gasteiger partial charge < -0.3 is 10.1 Å². The number of hydrogen-bond donors (Lipinski definition) is 1. The van der Waals surface area contributed by atoms with Gasteiger partial charge in [0, 0.05) is 0 Å². The summed E-state index contributed by atoms with van der Waals surface area (Å²) < 4.78 is 4.58. The number of carbonyl (C=O) groups is 1. The van der Waals surface area contributed by atoms with Gasteiger partial charge in [0.1, 0.15) is 6.04 Å². The molecule has 1 N–H and O–H groups in total. The number of hydrogen-bond acceptors (Lipinski definition) is 4. The highest BCUT2D eigenvalue weighted by Gasteiger charge is 2.10. The van der Waals surface area contributed by atoms with E-state index in [0.717, 1.165) is 13.0 Å². The Labute approximate surface area is 84.6 Å². The van der Waals surface area contributed by atoms with E-state index in [1.807, 2.05) is 18.7 Å². The molecule has 0 aromatic carbocycles. The molecule has 1 atom stereocenters. The van der Waals surface area contributed by atoms with Crippen LogP contribution in [0.2, 0.25) is 0 Å². The lowest BCUT2D eigenvalue weighted by atomic mass is 10.3. The highest BCUT2D eigenvalue weighted by molar-refractivity contribution is 7.98. The van der Waals surface area contributed by atoms with Crippen LogP contribution < -0.4 is 5.32 Å². The highest BCUT2D eigenvalue weighted by atomic mass is 32.2. The predicted molar refractivity (Wildman–Crippen MR) is 57.1 cm³/mol. The topological polar surface area (TPSA) is 38.3 Å². The summed E-state index contributed by atoms with van der Waals surface area (Å²) in [6.45, 7) is 2.71. The number of esters is 1. The number of ether oxygens (including phenoxy) is 1. The Kier molecular flexibility index (Phi) is 8.24. The summed E-state index contributed by atoms with van der Waals surface area (Å²) in [6.07, 6.45) is 4.41. The molecule has 3 nitrogen and oxygen atoms in total. The maximum Gasteiger partial charge on any atom is 0.322 e. The van der Waals surface area contributed by atoms with Crippen molar-refractivity contribution in [2.75, 3.05) is 25.7 Å². The van der Waals surface area contributed by atoms with Gasteiger partial charge in [-0.15, -0.1) is 0 Å². The van der Waals surface area contributed by atoms with E-state index >= 15 is 0 Å². The van der Waals surface area contributed by atoms with Gasteiger partial charge in [0.2, 0.25) is 0 Å². The molecule has 0 aliphatic rings. The number of carbonyl (C=O) groups excluding carboxylic acids is 1. The molecule has 0 saturated heterocycles. The van der Waals surface area contributed by atoms with E-state index in [2.05, 4.69) is 16.3 Å². The zero-order valence-corrected chi connectivity index (χ0v) is 9.45. The number of nitrogens with one attached hydrogen (secondary N) is 1. The Hall–Kier alpha value is -0.220. The summed E-state index contributed by atoms with van der Waals surface area (Å²) in [4.78, 5) is 10.9. The average Bonchev–Trinajstić information content (AvgIpc) is 2.16. The zero-order valence-electron chi connectivity index (χ0n) is 8.63. The lowest BCUT2D eigenvalue weighted by molar-refractivity contribution is -0.142. The van der Waals surface area contributed by atoms with Gasteiger partial charge in [-0.25, -0.2) is 0 Å². The van der Waals surface area contributed by atoms with E-state index in [9.17, 15) is 4.79 Å². The van der Waals surface area contributed by atoms with E-state index < -0.39 is 0 Å². The van der Waals surface area contributed by atoms with Crippen LogP contribution >= 0.6 is 11.8 Å². The van der Waals surface area contributed by atoms with Gasteiger partial charge in [0.25, 0.3) is 0 Å². The van der Waals surface area contributed by atoms with Gasteiger partial charge in [-0.3, -0.25) is 4.79 Å². The van der Waals surface area contributed by atoms with Crippen LogP contribution in [0.5, 0.6) is 0 Å². The molecule has 0 saturated carbocycles. The molecule has 0 aliphatic heterocycles. The summed E-state index contributed by atoms with van der Waals surface area (Å²) in [7, 11) is 1.41. The molecule has 1 unspecified atom stereocenters. The lowest BCUT2D eigenvalue weighted by Crippen LogP contribution is -2.35. The molecular weight excluding hydrogens is 186 g/mol. The van der Waals surface area contributed by atoms with E-state index in [4.69, 9.17) is 0 Å². The SMILES string of the molecule is COC(=O)C(C)NCCCCSC. The predicted octanol–water partition coefficient (Wildman–Crippen LogP) is 1.28. The van der Waals surface area contributed by atoms with Crippen molar-refractivity contribution < 1.29 is 9.53 Å². The molecule has 0 aliphatic carbocycles. The van der Waals surface area contributed by atoms with Crippen molar-refractivity contribution in [1.82, 2.24) is 5.32 Å². The van der Waals surface area contributed by atoms with E-state index in [0.29, 0.717) is 0 Å². The smallest absolute Gasteiger partial charge is 0.322 e. The molecule has 0 rings (SSSR count). The van der Waals surface area contributed by atoms with Gasteiger partial charge in [-0.05, 0) is 38.3 Å². The molecule has 0 spiro atoms. The van der Waals surface area contributed by atoms with E-state index in [1.165, 1.54) is 19.3 Å². The first-order valence-electron chi connectivity index (χ1n) is 4.52. The first-order chi connectivity index (χ1) is 6.22. The standard InChI is InChI=1S/C9H19NO2S/c1-8(9(11)12-2)10-6-4-5-7-13-3/h8,10H,4-7H2,1-3H3. The first-order valence-corrected chi connectivity index (χ1v) is 5.92. The first kappa shape index (κ1) is 12.8. The summed E-state index contributed by atoms with van der Waals surface area (Å²) in [5.41, 5.74) is 0. The van der Waals surface area contributed by atoms with Crippen LogP contribution in [0.15, 0.2) is 0 Å². The number of rotatable bonds is 7. The number of unbranched alkanes of at least 4 members (excludes halogenated alkanes) is 1. The largest absolute Gasteiger partial charge is 0.468 e. The summed E-state index contributed by atoms with van der Waals surface area (Å²) in [5, 5.41) is 3.11. The van der Waals surface area contributed by atoms with E-state index in [1.54, 1.807) is 0 Å². The van der Waals surface area contributed by atoms with Crippen molar-refractivity contribution in [1.29, 1.82) is 0 Å². The fourth-order valence-corrected chi connectivity index (χ4v) is 1.44. The van der Waals surface area contributed by atoms with Crippen LogP contribution in [-0.2, 0) is 9.53 Å². The Morgan fingerprint density at radius 2 is 2.23 bits per heavy atom. The fraction of sp³-hybridized carbons (Fsp3) is 0.889. The quantitative estimate of drug-likeness (QED) is 0.502. The molecule has 78 valence electrons. The second kappa shape index (κ2) is 8.38. The maximum atomic E-state index is 10.9. The molecule has 0 aromatic rings. The van der Waals surface area contributed by atoms with Crippen LogP contribution in [0.3, 0.4) is 0 Å². The van der Waals surface area contributed by atoms with Gasteiger partial charge in [0.05, 0.1) is 7.11 Å². The molecule has 0 amide bonds. The molecule has 0 fully saturated rings. The minimum atomic E-state index is -0.190. The lowest BCUT2D eigenvalue weighted by Gasteiger charge is -2.10. The Bertz CT molecular complexity index is 142. The minimum Gasteiger partial charge on any atom is -0.468 e. The molecule has 0 aromatic heterocycles. The summed E-state index contributed by atoms with van der Waals surface area (Å²) >= 11 is 1.85. The average molecular weight is 205 g/mol. The van der Waals surface area contributed by atoms with Gasteiger partial charge in [-0.1, -0.05) is 0 Å². The summed E-state index contributed by atoms with van der Waals surface area (Å²) in [5.74, 6) is 0.999. The second-order valence-corrected chi connectivity index (χ2v) is 3.88. The van der Waals surface area contributed by atoms with Crippen molar-refractivity contribution >= 4 is 17.7 Å². The van der Waals surface area contributed by atoms with Crippen molar-refractivity contribution in [3.63, 3.8) is 0 Å². The number of thioether (sulfide) groups is 1. The number of methoxy groups -OCH3 is 1. The molecule has 0 heterocycles. The van der Waals surface area contributed by atoms with Crippen molar-refractivity contribution in [3.8, 4) is 0 Å². The second-order valence-electron chi connectivity index (χ2n) is 2.90. The Morgan fingerprint density at radius 3 is 2.77 bits per heavy atom. The van der Waals surface area contributed by atoms with Crippen LogP contribution in [-0.4, -0.2) is 37.7 Å². The third kappa shape index (κ3) is 6.90. The Morgan fingerprint density at radius 1 is 1.54 bits per heavy atom. The van der Waals surface area contributed by atoms with E-state index in [-0.39, 0.29) is 12.0 Å². The fourth-order valence-electron chi connectivity index (χ4n) is 0.950. The molecule has 4 heteroatoms. The van der Waals surface area contributed by atoms with Crippen LogP contribution in [0, 0.1) is 0 Å². The third-order valence-corrected chi connectivity index (χ3v) is 2.48. The minimum absolute atomic E-state index is 0.181. The van der Waals surface area contributed by atoms with Gasteiger partial charge >= 0.3 is 5.97 Å². The maximum absolute atomic E-state index is 10.9. The van der Waals surface area contributed by atoms with Crippen LogP contribution in [0.1, 0.15) is 19.8 Å².